The van der Waals surface area contributed by atoms with Crippen molar-refractivity contribution in [1.29, 1.82) is 0 Å². The second kappa shape index (κ2) is 7.77. The lowest BCUT2D eigenvalue weighted by Gasteiger charge is -2.27. The molecule has 2 N–H and O–H groups in total. The lowest BCUT2D eigenvalue weighted by molar-refractivity contribution is -0.120. The zero-order valence-electron chi connectivity index (χ0n) is 13.8. The van der Waals surface area contributed by atoms with Crippen molar-refractivity contribution in [2.24, 2.45) is 5.92 Å². The molecule has 0 spiro atoms. The lowest BCUT2D eigenvalue weighted by Crippen LogP contribution is -2.40. The molecule has 0 radical (unpaired) electrons. The Labute approximate surface area is 147 Å². The Kier molecular flexibility index (Phi) is 5.96. The zero-order chi connectivity index (χ0) is 16.4. The van der Waals surface area contributed by atoms with Gasteiger partial charge in [-0.05, 0) is 45.4 Å². The van der Waals surface area contributed by atoms with E-state index in [4.69, 9.17) is 0 Å². The van der Waals surface area contributed by atoms with Gasteiger partial charge in [-0.15, -0.1) is 12.4 Å². The highest BCUT2D eigenvalue weighted by atomic mass is 35.5. The largest absolute Gasteiger partial charge is 0.323 e. The van der Waals surface area contributed by atoms with E-state index >= 15 is 0 Å². The second-order valence-electron chi connectivity index (χ2n) is 6.07. The number of carbonyl (C=O) groups excluding carboxylic acids is 1. The van der Waals surface area contributed by atoms with Crippen LogP contribution in [0, 0.1) is 18.7 Å². The summed E-state index contributed by atoms with van der Waals surface area (Å²) in [7, 11) is 0. The highest BCUT2D eigenvalue weighted by Crippen LogP contribution is 2.23. The van der Waals surface area contributed by atoms with Crippen LogP contribution in [0.1, 0.15) is 25.5 Å². The summed E-state index contributed by atoms with van der Waals surface area (Å²) in [6.45, 7) is 4.76. The maximum Gasteiger partial charge on any atom is 0.227 e. The Morgan fingerprint density at radius 1 is 1.42 bits per heavy atom. The van der Waals surface area contributed by atoms with E-state index in [2.05, 4.69) is 22.7 Å². The summed E-state index contributed by atoms with van der Waals surface area (Å²) in [5.41, 5.74) is 1.72. The van der Waals surface area contributed by atoms with E-state index in [1.807, 2.05) is 6.92 Å². The summed E-state index contributed by atoms with van der Waals surface area (Å²) >= 11 is 0. The third-order valence-electron chi connectivity index (χ3n) is 4.34. The highest BCUT2D eigenvalue weighted by molar-refractivity contribution is 5.93. The predicted molar refractivity (Wildman–Crippen MR) is 94.3 cm³/mol. The Bertz CT molecular complexity index is 718. The molecule has 2 heterocycles. The molecule has 3 rings (SSSR count). The molecular weight excluding hydrogens is 331 g/mol. The summed E-state index contributed by atoms with van der Waals surface area (Å²) in [5, 5.41) is 10.5. The molecule has 0 saturated carbocycles. The molecule has 1 aromatic heterocycles. The molecule has 1 saturated heterocycles. The van der Waals surface area contributed by atoms with E-state index in [0.29, 0.717) is 23.1 Å². The molecule has 24 heavy (non-hydrogen) atoms. The van der Waals surface area contributed by atoms with E-state index in [9.17, 15) is 9.18 Å². The maximum absolute atomic E-state index is 13.9. The van der Waals surface area contributed by atoms with Gasteiger partial charge in [0.05, 0.1) is 17.6 Å². The summed E-state index contributed by atoms with van der Waals surface area (Å²) in [5.74, 6) is -0.333. The van der Waals surface area contributed by atoms with Crippen LogP contribution in [-0.4, -0.2) is 28.3 Å². The molecule has 2 aromatic rings. The molecule has 1 amide bonds. The number of amides is 1. The van der Waals surface area contributed by atoms with Crippen LogP contribution in [0.25, 0.3) is 5.69 Å². The van der Waals surface area contributed by atoms with Crippen LogP contribution in [-0.2, 0) is 4.79 Å². The van der Waals surface area contributed by atoms with Gasteiger partial charge in [-0.2, -0.15) is 5.10 Å². The van der Waals surface area contributed by atoms with E-state index in [0.717, 1.165) is 19.4 Å². The number of piperidine rings is 1. The van der Waals surface area contributed by atoms with Gasteiger partial charge in [0, 0.05) is 12.0 Å². The summed E-state index contributed by atoms with van der Waals surface area (Å²) in [6.07, 6.45) is 3.23. The number of benzene rings is 1. The lowest BCUT2D eigenvalue weighted by atomic mass is 9.92. The fraction of sp³-hybridized carbons (Fsp3) is 0.412. The zero-order valence-corrected chi connectivity index (χ0v) is 14.6. The van der Waals surface area contributed by atoms with Crippen LogP contribution in [0.15, 0.2) is 30.5 Å². The monoisotopic (exact) mass is 352 g/mol. The molecule has 130 valence electrons. The fourth-order valence-electron chi connectivity index (χ4n) is 3.00. The van der Waals surface area contributed by atoms with Crippen molar-refractivity contribution < 1.29 is 9.18 Å². The number of halogens is 2. The molecule has 0 aliphatic carbocycles. The predicted octanol–water partition coefficient (Wildman–Crippen LogP) is 3.07. The molecule has 2 atom stereocenters. The van der Waals surface area contributed by atoms with Gasteiger partial charge < -0.3 is 10.6 Å². The fourth-order valence-corrected chi connectivity index (χ4v) is 3.00. The number of carbonyl (C=O) groups is 1. The maximum atomic E-state index is 13.9. The first-order chi connectivity index (χ1) is 11.1. The van der Waals surface area contributed by atoms with E-state index in [1.54, 1.807) is 24.4 Å². The van der Waals surface area contributed by atoms with E-state index in [-0.39, 0.29) is 30.0 Å². The van der Waals surface area contributed by atoms with Gasteiger partial charge in [0.2, 0.25) is 5.91 Å². The number of nitrogens with one attached hydrogen (secondary N) is 2. The minimum absolute atomic E-state index is 0. The highest BCUT2D eigenvalue weighted by Gasteiger charge is 2.25. The standard InChI is InChI=1S/C17H21FN4O.ClH/c1-11-9-13(7-8-19-11)17(23)21-15-10-20-22(12(15)2)16-6-4-3-5-14(16)18;/h3-6,10-11,13,19H,7-9H2,1-2H3,(H,21,23);1H/t11-,13-;/m0./s1. The van der Waals surface area contributed by atoms with Crippen LogP contribution >= 0.6 is 12.4 Å². The number of nitrogens with zero attached hydrogens (tertiary/aromatic N) is 2. The van der Waals surface area contributed by atoms with Gasteiger partial charge in [-0.1, -0.05) is 12.1 Å². The summed E-state index contributed by atoms with van der Waals surface area (Å²) in [6, 6.07) is 6.80. The van der Waals surface area contributed by atoms with Gasteiger partial charge in [-0.25, -0.2) is 9.07 Å². The van der Waals surface area contributed by atoms with Gasteiger partial charge in [-0.3, -0.25) is 4.79 Å². The SMILES string of the molecule is Cc1c(NC(=O)[C@H]2CCN[C@@H](C)C2)cnn1-c1ccccc1F.Cl. The van der Waals surface area contributed by atoms with Crippen molar-refractivity contribution in [2.45, 2.75) is 32.7 Å². The van der Waals surface area contributed by atoms with Gasteiger partial charge in [0.15, 0.2) is 0 Å². The van der Waals surface area contributed by atoms with Crippen molar-refractivity contribution in [3.05, 3.63) is 42.0 Å². The Hall–Kier alpha value is -1.92. The van der Waals surface area contributed by atoms with Crippen LogP contribution < -0.4 is 10.6 Å². The molecule has 0 bridgehead atoms. The minimum atomic E-state index is -0.344. The third kappa shape index (κ3) is 3.76. The number of rotatable bonds is 3. The van der Waals surface area contributed by atoms with Gasteiger partial charge in [0.1, 0.15) is 11.5 Å². The average molecular weight is 353 g/mol. The van der Waals surface area contributed by atoms with Crippen molar-refractivity contribution in [3.8, 4) is 5.69 Å². The van der Waals surface area contributed by atoms with E-state index < -0.39 is 0 Å². The first-order valence-corrected chi connectivity index (χ1v) is 7.90. The van der Waals surface area contributed by atoms with Crippen molar-refractivity contribution in [2.75, 3.05) is 11.9 Å². The summed E-state index contributed by atoms with van der Waals surface area (Å²) in [4.78, 5) is 12.4. The smallest absolute Gasteiger partial charge is 0.227 e. The topological polar surface area (TPSA) is 59.0 Å². The molecule has 0 unspecified atom stereocenters. The summed E-state index contributed by atoms with van der Waals surface area (Å²) < 4.78 is 15.4. The minimum Gasteiger partial charge on any atom is -0.323 e. The number of para-hydroxylation sites is 1. The average Bonchev–Trinajstić information content (AvgIpc) is 2.89. The van der Waals surface area contributed by atoms with Gasteiger partial charge in [0.25, 0.3) is 0 Å². The number of hydrogen-bond donors (Lipinski definition) is 2. The molecular formula is C17H22ClFN4O. The molecule has 1 aromatic carbocycles. The van der Waals surface area contributed by atoms with Crippen LogP contribution in [0.3, 0.4) is 0 Å². The first-order valence-electron chi connectivity index (χ1n) is 7.90. The number of hydrogen-bond acceptors (Lipinski definition) is 3. The quantitative estimate of drug-likeness (QED) is 0.892. The van der Waals surface area contributed by atoms with E-state index in [1.165, 1.54) is 10.7 Å². The van der Waals surface area contributed by atoms with Gasteiger partial charge >= 0.3 is 0 Å². The molecule has 7 heteroatoms. The normalized spacial score (nSPS) is 20.3. The molecule has 5 nitrogen and oxygen atoms in total. The third-order valence-corrected chi connectivity index (χ3v) is 4.34. The van der Waals surface area contributed by atoms with Crippen LogP contribution in [0.5, 0.6) is 0 Å². The van der Waals surface area contributed by atoms with Crippen LogP contribution in [0.2, 0.25) is 0 Å². The van der Waals surface area contributed by atoms with Crippen molar-refractivity contribution in [3.63, 3.8) is 0 Å². The van der Waals surface area contributed by atoms with Crippen molar-refractivity contribution in [1.82, 2.24) is 15.1 Å². The molecule has 1 aliphatic rings. The Morgan fingerprint density at radius 2 is 2.17 bits per heavy atom. The molecule has 1 fully saturated rings. The Balaban J connectivity index is 0.00000208. The second-order valence-corrected chi connectivity index (χ2v) is 6.07. The molecule has 1 aliphatic heterocycles. The number of aromatic nitrogens is 2. The first kappa shape index (κ1) is 18.4. The van der Waals surface area contributed by atoms with Crippen LogP contribution in [0.4, 0.5) is 10.1 Å². The Morgan fingerprint density at radius 3 is 2.88 bits per heavy atom. The number of anilines is 1. The van der Waals surface area contributed by atoms with Crippen molar-refractivity contribution >= 4 is 24.0 Å².